The molecule has 0 aliphatic carbocycles. The van der Waals surface area contributed by atoms with Crippen molar-refractivity contribution in [2.75, 3.05) is 7.11 Å². The molecule has 0 aromatic rings. The van der Waals surface area contributed by atoms with Crippen molar-refractivity contribution >= 4 is 5.91 Å². The maximum atomic E-state index is 10.7. The molecule has 0 unspecified atom stereocenters. The maximum absolute atomic E-state index is 10.7. The number of carbonyl (C=O) groups excluding carboxylic acids is 1. The molecule has 1 saturated heterocycles. The Hall–Kier alpha value is -0.610. The Morgan fingerprint density at radius 3 is 3.00 bits per heavy atom. The molecule has 10 heavy (non-hydrogen) atoms. The minimum absolute atomic E-state index is 0.148. The Labute approximate surface area is 59.2 Å². The number of hydrogen-bond donors (Lipinski definition) is 2. The third-order valence-electron chi connectivity index (χ3n) is 1.51. The van der Waals surface area contributed by atoms with Crippen molar-refractivity contribution in [1.82, 2.24) is 5.32 Å². The summed E-state index contributed by atoms with van der Waals surface area (Å²) < 4.78 is 4.84. The average molecular weight is 145 g/mol. The van der Waals surface area contributed by atoms with E-state index in [2.05, 4.69) is 5.32 Å². The van der Waals surface area contributed by atoms with Crippen molar-refractivity contribution in [3.63, 3.8) is 0 Å². The van der Waals surface area contributed by atoms with E-state index in [1.807, 2.05) is 0 Å². The molecule has 0 spiro atoms. The van der Waals surface area contributed by atoms with E-state index in [1.54, 1.807) is 0 Å². The fourth-order valence-electron chi connectivity index (χ4n) is 0.997. The maximum Gasteiger partial charge on any atom is 0.224 e. The molecule has 2 N–H and O–H groups in total. The summed E-state index contributed by atoms with van der Waals surface area (Å²) in [6, 6.07) is 0. The molecular formula is C6H11NO3. The van der Waals surface area contributed by atoms with Gasteiger partial charge in [0, 0.05) is 13.5 Å². The number of nitrogens with one attached hydrogen (secondary N) is 1. The summed E-state index contributed by atoms with van der Waals surface area (Å²) in [7, 11) is 1.50. The lowest BCUT2D eigenvalue weighted by Gasteiger charge is -2.25. The lowest BCUT2D eigenvalue weighted by Crippen LogP contribution is -2.45. The number of methoxy groups -OCH3 is 1. The van der Waals surface area contributed by atoms with Crippen LogP contribution in [0.15, 0.2) is 0 Å². The van der Waals surface area contributed by atoms with Crippen molar-refractivity contribution in [2.45, 2.75) is 25.2 Å². The first kappa shape index (κ1) is 7.50. The molecule has 0 radical (unpaired) electrons. The van der Waals surface area contributed by atoms with E-state index in [0.717, 1.165) is 0 Å². The van der Waals surface area contributed by atoms with Crippen LogP contribution >= 0.6 is 0 Å². The van der Waals surface area contributed by atoms with Crippen LogP contribution in [0.2, 0.25) is 0 Å². The molecule has 4 heteroatoms. The Balaban J connectivity index is 2.42. The van der Waals surface area contributed by atoms with Gasteiger partial charge in [-0.3, -0.25) is 4.79 Å². The van der Waals surface area contributed by atoms with Gasteiger partial charge in [0.15, 0.2) is 0 Å². The van der Waals surface area contributed by atoms with Crippen LogP contribution in [-0.4, -0.2) is 30.5 Å². The lowest BCUT2D eigenvalue weighted by molar-refractivity contribution is -0.132. The van der Waals surface area contributed by atoms with E-state index in [4.69, 9.17) is 9.84 Å². The van der Waals surface area contributed by atoms with Gasteiger partial charge in [-0.1, -0.05) is 0 Å². The SMILES string of the molecule is CO[C@@H]1C[C@@H](O)CC(=O)N1. The number of carbonyl (C=O) groups is 1. The molecule has 1 heterocycles. The van der Waals surface area contributed by atoms with Gasteiger partial charge in [0.1, 0.15) is 6.23 Å². The first-order chi connectivity index (χ1) is 4.72. The van der Waals surface area contributed by atoms with Crippen LogP contribution in [0, 0.1) is 0 Å². The topological polar surface area (TPSA) is 58.6 Å². The number of piperidine rings is 1. The second kappa shape index (κ2) is 2.98. The summed E-state index contributed by atoms with van der Waals surface area (Å²) in [6.45, 7) is 0. The molecule has 4 nitrogen and oxygen atoms in total. The van der Waals surface area contributed by atoms with Gasteiger partial charge >= 0.3 is 0 Å². The van der Waals surface area contributed by atoms with E-state index < -0.39 is 6.10 Å². The summed E-state index contributed by atoms with van der Waals surface area (Å²) in [5.41, 5.74) is 0. The van der Waals surface area contributed by atoms with Crippen molar-refractivity contribution < 1.29 is 14.6 Å². The highest BCUT2D eigenvalue weighted by atomic mass is 16.5. The Kier molecular flexibility index (Phi) is 2.24. The second-order valence-electron chi connectivity index (χ2n) is 2.39. The minimum Gasteiger partial charge on any atom is -0.392 e. The van der Waals surface area contributed by atoms with Gasteiger partial charge in [0.25, 0.3) is 0 Å². The Morgan fingerprint density at radius 1 is 1.80 bits per heavy atom. The largest absolute Gasteiger partial charge is 0.392 e. The molecule has 58 valence electrons. The fourth-order valence-corrected chi connectivity index (χ4v) is 0.997. The van der Waals surface area contributed by atoms with Crippen LogP contribution in [0.25, 0.3) is 0 Å². The monoisotopic (exact) mass is 145 g/mol. The normalized spacial score (nSPS) is 33.6. The molecule has 2 atom stereocenters. The highest BCUT2D eigenvalue weighted by Gasteiger charge is 2.24. The summed E-state index contributed by atoms with van der Waals surface area (Å²) in [4.78, 5) is 10.7. The smallest absolute Gasteiger partial charge is 0.224 e. The van der Waals surface area contributed by atoms with Gasteiger partial charge in [-0.25, -0.2) is 0 Å². The van der Waals surface area contributed by atoms with Crippen LogP contribution in [-0.2, 0) is 9.53 Å². The Bertz CT molecular complexity index is 137. The summed E-state index contributed by atoms with van der Waals surface area (Å²) >= 11 is 0. The van der Waals surface area contributed by atoms with Gasteiger partial charge in [-0.2, -0.15) is 0 Å². The van der Waals surface area contributed by atoms with Crippen LogP contribution in [0.5, 0.6) is 0 Å². The zero-order valence-corrected chi connectivity index (χ0v) is 5.83. The quantitative estimate of drug-likeness (QED) is 0.509. The number of ether oxygens (including phenoxy) is 1. The highest BCUT2D eigenvalue weighted by Crippen LogP contribution is 2.08. The summed E-state index contributed by atoms with van der Waals surface area (Å²) in [5.74, 6) is -0.148. The number of hydrogen-bond acceptors (Lipinski definition) is 3. The molecule has 0 aromatic carbocycles. The minimum atomic E-state index is -0.543. The van der Waals surface area contributed by atoms with E-state index >= 15 is 0 Å². The van der Waals surface area contributed by atoms with Crippen molar-refractivity contribution in [3.05, 3.63) is 0 Å². The molecular weight excluding hydrogens is 134 g/mol. The van der Waals surface area contributed by atoms with Crippen LogP contribution < -0.4 is 5.32 Å². The molecule has 1 aliphatic rings. The average Bonchev–Trinajstić information content (AvgIpc) is 1.85. The molecule has 1 fully saturated rings. The van der Waals surface area contributed by atoms with Crippen LogP contribution in [0.1, 0.15) is 12.8 Å². The number of aliphatic hydroxyl groups is 1. The number of aliphatic hydroxyl groups excluding tert-OH is 1. The molecule has 0 saturated carbocycles. The lowest BCUT2D eigenvalue weighted by atomic mass is 10.1. The van der Waals surface area contributed by atoms with Crippen molar-refractivity contribution in [3.8, 4) is 0 Å². The second-order valence-corrected chi connectivity index (χ2v) is 2.39. The third-order valence-corrected chi connectivity index (χ3v) is 1.51. The first-order valence-electron chi connectivity index (χ1n) is 3.22. The zero-order chi connectivity index (χ0) is 7.56. The molecule has 1 rings (SSSR count). The standard InChI is InChI=1S/C6H11NO3/c1-10-6-3-4(8)2-5(9)7-6/h4,6,8H,2-3H2,1H3,(H,7,9)/t4-,6+/m0/s1. The van der Waals surface area contributed by atoms with Crippen LogP contribution in [0.4, 0.5) is 0 Å². The van der Waals surface area contributed by atoms with Gasteiger partial charge < -0.3 is 15.2 Å². The highest BCUT2D eigenvalue weighted by molar-refractivity contribution is 5.77. The summed E-state index contributed by atoms with van der Waals surface area (Å²) in [6.07, 6.45) is -0.169. The summed E-state index contributed by atoms with van der Waals surface area (Å²) in [5, 5.41) is 11.6. The molecule has 1 aliphatic heterocycles. The van der Waals surface area contributed by atoms with Crippen molar-refractivity contribution in [1.29, 1.82) is 0 Å². The van der Waals surface area contributed by atoms with E-state index in [9.17, 15) is 4.79 Å². The van der Waals surface area contributed by atoms with Gasteiger partial charge in [-0.05, 0) is 0 Å². The van der Waals surface area contributed by atoms with Gasteiger partial charge in [0.05, 0.1) is 12.5 Å². The third kappa shape index (κ3) is 1.68. The van der Waals surface area contributed by atoms with Crippen molar-refractivity contribution in [2.24, 2.45) is 0 Å². The zero-order valence-electron chi connectivity index (χ0n) is 5.83. The van der Waals surface area contributed by atoms with Crippen LogP contribution in [0.3, 0.4) is 0 Å². The van der Waals surface area contributed by atoms with Gasteiger partial charge in [0.2, 0.25) is 5.91 Å². The molecule has 0 bridgehead atoms. The van der Waals surface area contributed by atoms with E-state index in [0.29, 0.717) is 6.42 Å². The predicted octanol–water partition coefficient (Wildman–Crippen LogP) is -0.770. The molecule has 0 aromatic heterocycles. The molecule has 1 amide bonds. The van der Waals surface area contributed by atoms with E-state index in [1.165, 1.54) is 7.11 Å². The fraction of sp³-hybridized carbons (Fsp3) is 0.833. The Morgan fingerprint density at radius 2 is 2.50 bits per heavy atom. The van der Waals surface area contributed by atoms with E-state index in [-0.39, 0.29) is 18.6 Å². The number of amides is 1. The first-order valence-corrected chi connectivity index (χ1v) is 3.22. The predicted molar refractivity (Wildman–Crippen MR) is 34.2 cm³/mol. The van der Waals surface area contributed by atoms with Gasteiger partial charge in [-0.15, -0.1) is 0 Å². The number of rotatable bonds is 1.